The van der Waals surface area contributed by atoms with Gasteiger partial charge in [-0.2, -0.15) is 0 Å². The lowest BCUT2D eigenvalue weighted by molar-refractivity contribution is 0.0740. The van der Waals surface area contributed by atoms with E-state index in [9.17, 15) is 9.59 Å². The zero-order chi connectivity index (χ0) is 20.1. The van der Waals surface area contributed by atoms with E-state index in [1.54, 1.807) is 30.2 Å². The minimum atomic E-state index is -0.155. The molecule has 0 aliphatic heterocycles. The minimum Gasteiger partial charge on any atom is -0.497 e. The second-order valence-corrected chi connectivity index (χ2v) is 7.03. The quantitative estimate of drug-likeness (QED) is 0.667. The van der Waals surface area contributed by atoms with E-state index in [0.717, 1.165) is 29.3 Å². The first-order chi connectivity index (χ1) is 13.5. The molecule has 3 aromatic rings. The monoisotopic (exact) mass is 378 g/mol. The number of fused-ring (bicyclic) bond motifs is 1. The van der Waals surface area contributed by atoms with Crippen LogP contribution in [0.5, 0.6) is 5.75 Å². The fourth-order valence-corrected chi connectivity index (χ4v) is 3.22. The highest BCUT2D eigenvalue weighted by Gasteiger charge is 2.18. The minimum absolute atomic E-state index is 0.101. The number of benzene rings is 2. The molecule has 2 aromatic carbocycles. The van der Waals surface area contributed by atoms with Crippen LogP contribution >= 0.6 is 0 Å². The number of carbonyl (C=O) groups excluding carboxylic acids is 1. The van der Waals surface area contributed by atoms with Gasteiger partial charge in [-0.3, -0.25) is 9.59 Å². The van der Waals surface area contributed by atoms with Crippen molar-refractivity contribution < 1.29 is 9.53 Å². The lowest BCUT2D eigenvalue weighted by Gasteiger charge is -2.23. The highest BCUT2D eigenvalue weighted by atomic mass is 16.5. The number of nitrogens with one attached hydrogen (secondary N) is 1. The van der Waals surface area contributed by atoms with Gasteiger partial charge in [0.2, 0.25) is 0 Å². The zero-order valence-corrected chi connectivity index (χ0v) is 16.6. The number of ether oxygens (including phenoxy) is 1. The average molecular weight is 378 g/mol. The van der Waals surface area contributed by atoms with Crippen molar-refractivity contribution in [1.29, 1.82) is 0 Å². The van der Waals surface area contributed by atoms with Crippen molar-refractivity contribution in [2.24, 2.45) is 0 Å². The molecule has 0 fully saturated rings. The van der Waals surface area contributed by atoms with Crippen LogP contribution in [0.25, 0.3) is 10.9 Å². The molecule has 0 bridgehead atoms. The first kappa shape index (κ1) is 19.7. The molecule has 0 unspecified atom stereocenters. The van der Waals surface area contributed by atoms with Crippen LogP contribution in [0.3, 0.4) is 0 Å². The predicted octanol–water partition coefficient (Wildman–Crippen LogP) is 4.29. The van der Waals surface area contributed by atoms with Crippen LogP contribution in [-0.4, -0.2) is 29.4 Å². The van der Waals surface area contributed by atoms with Gasteiger partial charge >= 0.3 is 0 Å². The molecule has 5 heteroatoms. The number of methoxy groups -OCH3 is 1. The number of hydrogen-bond acceptors (Lipinski definition) is 3. The number of H-pyrrole nitrogens is 1. The molecule has 0 saturated heterocycles. The van der Waals surface area contributed by atoms with Crippen LogP contribution in [0.2, 0.25) is 0 Å². The number of nitrogens with zero attached hydrogens (tertiary/aromatic N) is 1. The van der Waals surface area contributed by atoms with Crippen molar-refractivity contribution in [3.05, 3.63) is 75.6 Å². The predicted molar refractivity (Wildman–Crippen MR) is 112 cm³/mol. The number of amides is 1. The van der Waals surface area contributed by atoms with E-state index in [4.69, 9.17) is 4.74 Å². The molecule has 146 valence electrons. The maximum absolute atomic E-state index is 13.1. The Morgan fingerprint density at radius 2 is 1.96 bits per heavy atom. The van der Waals surface area contributed by atoms with Gasteiger partial charge in [0.25, 0.3) is 11.5 Å². The molecular weight excluding hydrogens is 352 g/mol. The summed E-state index contributed by atoms with van der Waals surface area (Å²) < 4.78 is 5.24. The Bertz CT molecular complexity index is 1040. The van der Waals surface area contributed by atoms with Crippen LogP contribution in [0.15, 0.2) is 53.3 Å². The largest absolute Gasteiger partial charge is 0.497 e. The maximum atomic E-state index is 13.1. The number of carbonyl (C=O) groups is 1. The molecule has 3 rings (SSSR count). The third-order valence-corrected chi connectivity index (χ3v) is 4.83. The number of rotatable bonds is 7. The van der Waals surface area contributed by atoms with E-state index in [1.807, 2.05) is 37.3 Å². The van der Waals surface area contributed by atoms with Crippen molar-refractivity contribution in [2.45, 2.75) is 33.2 Å². The number of unbranched alkanes of at least 4 members (excludes halogenated alkanes) is 1. The summed E-state index contributed by atoms with van der Waals surface area (Å²) in [5.74, 6) is 0.538. The van der Waals surface area contributed by atoms with Crippen LogP contribution in [-0.2, 0) is 6.54 Å². The Labute approximate surface area is 165 Å². The lowest BCUT2D eigenvalue weighted by Crippen LogP contribution is -2.33. The van der Waals surface area contributed by atoms with Gasteiger partial charge in [-0.1, -0.05) is 31.5 Å². The number of aromatic amines is 1. The fourth-order valence-electron chi connectivity index (χ4n) is 3.22. The molecular formula is C23H26N2O3. The molecule has 0 radical (unpaired) electrons. The van der Waals surface area contributed by atoms with Gasteiger partial charge in [-0.25, -0.2) is 0 Å². The SMILES string of the molecule is CCCCN(Cc1cc2ccc(C)cc2[nH]c1=O)C(=O)c1cccc(OC)c1. The third kappa shape index (κ3) is 4.42. The smallest absolute Gasteiger partial charge is 0.254 e. The van der Waals surface area contributed by atoms with Crippen molar-refractivity contribution >= 4 is 16.8 Å². The molecule has 0 spiro atoms. The Morgan fingerprint density at radius 3 is 2.71 bits per heavy atom. The van der Waals surface area contributed by atoms with Gasteiger partial charge in [-0.15, -0.1) is 0 Å². The van der Waals surface area contributed by atoms with E-state index < -0.39 is 0 Å². The fraction of sp³-hybridized carbons (Fsp3) is 0.304. The van der Waals surface area contributed by atoms with Gasteiger partial charge in [-0.05, 0) is 54.6 Å². The molecule has 1 N–H and O–H groups in total. The second-order valence-electron chi connectivity index (χ2n) is 7.03. The summed E-state index contributed by atoms with van der Waals surface area (Å²) in [6.07, 6.45) is 1.84. The van der Waals surface area contributed by atoms with E-state index in [0.29, 0.717) is 23.4 Å². The summed E-state index contributed by atoms with van der Waals surface area (Å²) in [6, 6.07) is 15.0. The van der Waals surface area contributed by atoms with Crippen LogP contribution in [0.4, 0.5) is 0 Å². The van der Waals surface area contributed by atoms with Gasteiger partial charge < -0.3 is 14.6 Å². The van der Waals surface area contributed by atoms with Gasteiger partial charge in [0.1, 0.15) is 5.75 Å². The third-order valence-electron chi connectivity index (χ3n) is 4.83. The van der Waals surface area contributed by atoms with Gasteiger partial charge in [0, 0.05) is 23.2 Å². The Kier molecular flexibility index (Phi) is 6.14. The molecule has 1 heterocycles. The Balaban J connectivity index is 1.93. The Morgan fingerprint density at radius 1 is 1.14 bits per heavy atom. The van der Waals surface area contributed by atoms with Crippen molar-refractivity contribution in [3.63, 3.8) is 0 Å². The molecule has 28 heavy (non-hydrogen) atoms. The zero-order valence-electron chi connectivity index (χ0n) is 16.6. The van der Waals surface area contributed by atoms with Crippen LogP contribution < -0.4 is 10.3 Å². The molecule has 0 aliphatic carbocycles. The normalized spacial score (nSPS) is 10.8. The van der Waals surface area contributed by atoms with E-state index in [1.165, 1.54) is 0 Å². The number of aromatic nitrogens is 1. The van der Waals surface area contributed by atoms with Crippen molar-refractivity contribution in [2.75, 3.05) is 13.7 Å². The standard InChI is InChI=1S/C23H26N2O3/c1-4-5-11-25(23(27)18-7-6-8-20(14-18)28-3)15-19-13-17-10-9-16(2)12-21(17)24-22(19)26/h6-10,12-14H,4-5,11,15H2,1-3H3,(H,24,26). The van der Waals surface area contributed by atoms with Crippen molar-refractivity contribution in [3.8, 4) is 5.75 Å². The molecule has 5 nitrogen and oxygen atoms in total. The van der Waals surface area contributed by atoms with Crippen LogP contribution in [0, 0.1) is 6.92 Å². The summed E-state index contributed by atoms with van der Waals surface area (Å²) in [5, 5.41) is 0.962. The molecule has 0 saturated carbocycles. The number of pyridine rings is 1. The molecule has 0 atom stereocenters. The number of hydrogen-bond donors (Lipinski definition) is 1. The van der Waals surface area contributed by atoms with E-state index in [2.05, 4.69) is 11.9 Å². The van der Waals surface area contributed by atoms with Gasteiger partial charge in [0.15, 0.2) is 0 Å². The average Bonchev–Trinajstić information content (AvgIpc) is 2.71. The number of aryl methyl sites for hydroxylation is 1. The van der Waals surface area contributed by atoms with E-state index >= 15 is 0 Å². The van der Waals surface area contributed by atoms with Crippen LogP contribution in [0.1, 0.15) is 41.3 Å². The molecule has 1 aromatic heterocycles. The molecule has 1 amide bonds. The van der Waals surface area contributed by atoms with Crippen molar-refractivity contribution in [1.82, 2.24) is 9.88 Å². The summed E-state index contributed by atoms with van der Waals surface area (Å²) in [6.45, 7) is 4.94. The summed E-state index contributed by atoms with van der Waals surface area (Å²) >= 11 is 0. The second kappa shape index (κ2) is 8.74. The molecule has 0 aliphatic rings. The first-order valence-electron chi connectivity index (χ1n) is 9.57. The first-order valence-corrected chi connectivity index (χ1v) is 9.57. The van der Waals surface area contributed by atoms with E-state index in [-0.39, 0.29) is 18.0 Å². The lowest BCUT2D eigenvalue weighted by atomic mass is 10.1. The Hall–Kier alpha value is -3.08. The maximum Gasteiger partial charge on any atom is 0.254 e. The summed E-state index contributed by atoms with van der Waals surface area (Å²) in [7, 11) is 1.58. The topological polar surface area (TPSA) is 62.4 Å². The summed E-state index contributed by atoms with van der Waals surface area (Å²) in [4.78, 5) is 30.4. The highest BCUT2D eigenvalue weighted by molar-refractivity contribution is 5.94. The highest BCUT2D eigenvalue weighted by Crippen LogP contribution is 2.18. The van der Waals surface area contributed by atoms with Gasteiger partial charge in [0.05, 0.1) is 13.7 Å². The summed E-state index contributed by atoms with van der Waals surface area (Å²) in [5.41, 5.74) is 2.90.